The number of hydrogen-bond acceptors (Lipinski definition) is 5. The van der Waals surface area contributed by atoms with Crippen LogP contribution in [-0.4, -0.2) is 29.3 Å². The van der Waals surface area contributed by atoms with Crippen LogP contribution < -0.4 is 5.56 Å². The van der Waals surface area contributed by atoms with Crippen LogP contribution in [0.4, 0.5) is 0 Å². The number of aromatic nitrogens is 6. The first-order valence-corrected chi connectivity index (χ1v) is 7.23. The summed E-state index contributed by atoms with van der Waals surface area (Å²) in [5.74, 6) is 1.14. The van der Waals surface area contributed by atoms with Crippen LogP contribution in [0.15, 0.2) is 35.8 Å². The van der Waals surface area contributed by atoms with Crippen molar-refractivity contribution in [1.29, 1.82) is 0 Å². The fourth-order valence-electron chi connectivity index (χ4n) is 2.58. The molecule has 114 valence electrons. The van der Waals surface area contributed by atoms with Crippen molar-refractivity contribution in [2.75, 3.05) is 0 Å². The molecular formula is C15H18N6O. The lowest BCUT2D eigenvalue weighted by atomic mass is 10.0. The van der Waals surface area contributed by atoms with Gasteiger partial charge in [0.1, 0.15) is 12.2 Å². The third-order valence-corrected chi connectivity index (χ3v) is 3.62. The number of fused-ring (bicyclic) bond motifs is 1. The molecule has 0 radical (unpaired) electrons. The maximum atomic E-state index is 12.8. The van der Waals surface area contributed by atoms with Gasteiger partial charge in [0.25, 0.3) is 5.56 Å². The van der Waals surface area contributed by atoms with Gasteiger partial charge in [0.05, 0.1) is 17.9 Å². The Labute approximate surface area is 127 Å². The van der Waals surface area contributed by atoms with Crippen molar-refractivity contribution in [1.82, 2.24) is 29.3 Å². The van der Waals surface area contributed by atoms with Crippen molar-refractivity contribution in [3.05, 3.63) is 47.2 Å². The van der Waals surface area contributed by atoms with E-state index in [-0.39, 0.29) is 11.6 Å². The summed E-state index contributed by atoms with van der Waals surface area (Å²) in [6.45, 7) is 4.22. The zero-order valence-electron chi connectivity index (χ0n) is 12.8. The monoisotopic (exact) mass is 298 g/mol. The largest absolute Gasteiger partial charge is 0.286 e. The van der Waals surface area contributed by atoms with Crippen LogP contribution in [0.5, 0.6) is 0 Å². The predicted molar refractivity (Wildman–Crippen MR) is 82.4 cm³/mol. The van der Waals surface area contributed by atoms with Gasteiger partial charge >= 0.3 is 0 Å². The lowest BCUT2D eigenvalue weighted by molar-refractivity contribution is 0.411. The van der Waals surface area contributed by atoms with E-state index in [0.29, 0.717) is 17.0 Å². The number of hydrogen-bond donors (Lipinski definition) is 0. The lowest BCUT2D eigenvalue weighted by Crippen LogP contribution is -2.29. The van der Waals surface area contributed by atoms with E-state index in [1.807, 2.05) is 7.05 Å². The second kappa shape index (κ2) is 5.67. The van der Waals surface area contributed by atoms with Crippen LogP contribution in [0.2, 0.25) is 0 Å². The topological polar surface area (TPSA) is 78.5 Å². The quantitative estimate of drug-likeness (QED) is 0.730. The van der Waals surface area contributed by atoms with Gasteiger partial charge in [-0.1, -0.05) is 13.8 Å². The van der Waals surface area contributed by atoms with Crippen LogP contribution in [0.1, 0.15) is 32.1 Å². The molecule has 3 heterocycles. The molecule has 3 aromatic rings. The van der Waals surface area contributed by atoms with E-state index in [2.05, 4.69) is 33.9 Å². The Bertz CT molecular complexity index is 850. The van der Waals surface area contributed by atoms with Gasteiger partial charge in [-0.05, 0) is 24.5 Å². The molecule has 0 saturated heterocycles. The van der Waals surface area contributed by atoms with Crippen molar-refractivity contribution >= 4 is 11.0 Å². The Morgan fingerprint density at radius 3 is 2.73 bits per heavy atom. The zero-order chi connectivity index (χ0) is 15.7. The van der Waals surface area contributed by atoms with Crippen molar-refractivity contribution in [3.8, 4) is 0 Å². The van der Waals surface area contributed by atoms with Gasteiger partial charge in [0, 0.05) is 13.2 Å². The summed E-state index contributed by atoms with van der Waals surface area (Å²) in [4.78, 5) is 25.6. The van der Waals surface area contributed by atoms with Crippen LogP contribution in [0, 0.1) is 5.92 Å². The molecule has 3 aromatic heterocycles. The smallest absolute Gasteiger partial charge is 0.280 e. The first-order valence-electron chi connectivity index (χ1n) is 7.23. The summed E-state index contributed by atoms with van der Waals surface area (Å²) in [5, 5.41) is 4.12. The van der Waals surface area contributed by atoms with Gasteiger partial charge < -0.3 is 0 Å². The van der Waals surface area contributed by atoms with E-state index in [1.165, 1.54) is 6.33 Å². The zero-order valence-corrected chi connectivity index (χ0v) is 12.8. The Morgan fingerprint density at radius 1 is 1.23 bits per heavy atom. The molecule has 0 bridgehead atoms. The van der Waals surface area contributed by atoms with E-state index < -0.39 is 0 Å². The molecule has 22 heavy (non-hydrogen) atoms. The molecule has 0 fully saturated rings. The minimum Gasteiger partial charge on any atom is -0.286 e. The molecule has 1 unspecified atom stereocenters. The molecule has 0 saturated carbocycles. The third kappa shape index (κ3) is 2.49. The molecular weight excluding hydrogens is 280 g/mol. The minimum absolute atomic E-state index is 0.153. The number of nitrogens with zero attached hydrogens (tertiary/aromatic N) is 6. The summed E-state index contributed by atoms with van der Waals surface area (Å²) in [7, 11) is 1.83. The molecule has 1 atom stereocenters. The van der Waals surface area contributed by atoms with Gasteiger partial charge in [-0.2, -0.15) is 5.10 Å². The SMILES string of the molecule is CC(C)CC(c1ncnn1C)n1cnc2cccnc2c1=O. The Morgan fingerprint density at radius 2 is 2.05 bits per heavy atom. The summed E-state index contributed by atoms with van der Waals surface area (Å²) in [6.07, 6.45) is 5.45. The molecule has 0 aliphatic heterocycles. The highest BCUT2D eigenvalue weighted by molar-refractivity contribution is 5.71. The fourth-order valence-corrected chi connectivity index (χ4v) is 2.58. The van der Waals surface area contributed by atoms with Gasteiger partial charge in [-0.25, -0.2) is 15.0 Å². The Hall–Kier alpha value is -2.57. The normalized spacial score (nSPS) is 12.9. The van der Waals surface area contributed by atoms with Gasteiger partial charge in [-0.15, -0.1) is 0 Å². The highest BCUT2D eigenvalue weighted by atomic mass is 16.1. The second-order valence-electron chi connectivity index (χ2n) is 5.72. The molecule has 7 heteroatoms. The molecule has 0 N–H and O–H groups in total. The third-order valence-electron chi connectivity index (χ3n) is 3.62. The first-order chi connectivity index (χ1) is 10.6. The van der Waals surface area contributed by atoms with Gasteiger partial charge in [0.2, 0.25) is 0 Å². The van der Waals surface area contributed by atoms with E-state index >= 15 is 0 Å². The maximum Gasteiger partial charge on any atom is 0.280 e. The van der Waals surface area contributed by atoms with E-state index in [0.717, 1.165) is 12.2 Å². The van der Waals surface area contributed by atoms with Crippen LogP contribution in [0.3, 0.4) is 0 Å². The fraction of sp³-hybridized carbons (Fsp3) is 0.400. The summed E-state index contributed by atoms with van der Waals surface area (Å²) in [6, 6.07) is 3.35. The van der Waals surface area contributed by atoms with Crippen LogP contribution in [-0.2, 0) is 7.05 Å². The summed E-state index contributed by atoms with van der Waals surface area (Å²) >= 11 is 0. The maximum absolute atomic E-state index is 12.8. The second-order valence-corrected chi connectivity index (χ2v) is 5.72. The Kier molecular flexibility index (Phi) is 3.70. The minimum atomic E-state index is -0.209. The Balaban J connectivity index is 2.18. The van der Waals surface area contributed by atoms with E-state index in [9.17, 15) is 4.79 Å². The molecule has 0 aromatic carbocycles. The van der Waals surface area contributed by atoms with E-state index in [4.69, 9.17) is 0 Å². The van der Waals surface area contributed by atoms with Crippen molar-refractivity contribution < 1.29 is 0 Å². The first kappa shape index (κ1) is 14.4. The number of rotatable bonds is 4. The van der Waals surface area contributed by atoms with Crippen molar-refractivity contribution in [2.45, 2.75) is 26.3 Å². The van der Waals surface area contributed by atoms with Crippen molar-refractivity contribution in [2.24, 2.45) is 13.0 Å². The van der Waals surface area contributed by atoms with E-state index in [1.54, 1.807) is 33.9 Å². The molecule has 0 spiro atoms. The molecule has 0 amide bonds. The predicted octanol–water partition coefficient (Wildman–Crippen LogP) is 1.56. The highest BCUT2D eigenvalue weighted by Crippen LogP contribution is 2.22. The number of aryl methyl sites for hydroxylation is 1. The molecule has 0 aliphatic carbocycles. The van der Waals surface area contributed by atoms with Gasteiger partial charge in [-0.3, -0.25) is 14.0 Å². The standard InChI is InChI=1S/C15H18N6O/c1-10(2)7-12(14-17-8-19-20(14)3)21-9-18-11-5-4-6-16-13(11)15(21)22/h4-6,8-10,12H,7H2,1-3H3. The molecule has 7 nitrogen and oxygen atoms in total. The van der Waals surface area contributed by atoms with Crippen LogP contribution in [0.25, 0.3) is 11.0 Å². The highest BCUT2D eigenvalue weighted by Gasteiger charge is 2.22. The lowest BCUT2D eigenvalue weighted by Gasteiger charge is -2.20. The van der Waals surface area contributed by atoms with Crippen molar-refractivity contribution in [3.63, 3.8) is 0 Å². The average molecular weight is 298 g/mol. The van der Waals surface area contributed by atoms with Crippen LogP contribution >= 0.6 is 0 Å². The molecule has 3 rings (SSSR count). The number of pyridine rings is 1. The van der Waals surface area contributed by atoms with Gasteiger partial charge in [0.15, 0.2) is 5.52 Å². The average Bonchev–Trinajstić information content (AvgIpc) is 2.92. The molecule has 0 aliphatic rings. The summed E-state index contributed by atoms with van der Waals surface area (Å²) in [5.41, 5.74) is 0.824. The summed E-state index contributed by atoms with van der Waals surface area (Å²) < 4.78 is 3.31.